The number of hydrogen-bond acceptors (Lipinski definition) is 5. The lowest BCUT2D eigenvalue weighted by Gasteiger charge is -2.29. The molecule has 27 heavy (non-hydrogen) atoms. The van der Waals surface area contributed by atoms with E-state index in [1.165, 1.54) is 17.4 Å². The van der Waals surface area contributed by atoms with Gasteiger partial charge in [-0.3, -0.25) is 4.90 Å². The summed E-state index contributed by atoms with van der Waals surface area (Å²) in [4.78, 5) is 2.78. The number of fused-ring (bicyclic) bond motifs is 1. The van der Waals surface area contributed by atoms with Crippen molar-refractivity contribution in [3.63, 3.8) is 0 Å². The molecule has 0 spiro atoms. The van der Waals surface area contributed by atoms with Gasteiger partial charge in [0.05, 0.1) is 18.1 Å². The lowest BCUT2D eigenvalue weighted by Crippen LogP contribution is -2.38. The third kappa shape index (κ3) is 4.18. The Morgan fingerprint density at radius 2 is 1.70 bits per heavy atom. The monoisotopic (exact) mass is 387 g/mol. The van der Waals surface area contributed by atoms with Gasteiger partial charge in [-0.1, -0.05) is 24.3 Å². The van der Waals surface area contributed by atoms with Crippen LogP contribution in [0, 0.1) is 0 Å². The van der Waals surface area contributed by atoms with Crippen LogP contribution in [0.25, 0.3) is 0 Å². The quantitative estimate of drug-likeness (QED) is 0.789. The smallest absolute Gasteiger partial charge is 0.175 e. The third-order valence-corrected chi connectivity index (χ3v) is 6.52. The third-order valence-electron chi connectivity index (χ3n) is 5.39. The Labute approximate surface area is 160 Å². The van der Waals surface area contributed by atoms with E-state index in [9.17, 15) is 8.42 Å². The lowest BCUT2D eigenvalue weighted by molar-refractivity contribution is 0.0338. The molecule has 0 saturated carbocycles. The van der Waals surface area contributed by atoms with Gasteiger partial charge in [-0.05, 0) is 41.8 Å². The second kappa shape index (κ2) is 7.62. The van der Waals surface area contributed by atoms with Gasteiger partial charge in [0.2, 0.25) is 0 Å². The van der Waals surface area contributed by atoms with E-state index in [0.29, 0.717) is 16.6 Å². The van der Waals surface area contributed by atoms with Crippen LogP contribution < -0.4 is 4.74 Å². The van der Waals surface area contributed by atoms with Crippen molar-refractivity contribution in [2.24, 2.45) is 0 Å². The summed E-state index contributed by atoms with van der Waals surface area (Å²) in [6.07, 6.45) is 2.15. The Morgan fingerprint density at radius 1 is 1.04 bits per heavy atom. The van der Waals surface area contributed by atoms with E-state index < -0.39 is 9.84 Å². The zero-order valence-corrected chi connectivity index (χ0v) is 16.3. The number of morpholine rings is 1. The number of ether oxygens (including phenoxy) is 2. The van der Waals surface area contributed by atoms with E-state index in [4.69, 9.17) is 9.47 Å². The minimum absolute atomic E-state index is 0.00340. The predicted octanol–water partition coefficient (Wildman–Crippen LogP) is 3.03. The van der Waals surface area contributed by atoms with E-state index >= 15 is 0 Å². The van der Waals surface area contributed by atoms with Crippen molar-refractivity contribution in [3.05, 3.63) is 59.7 Å². The lowest BCUT2D eigenvalue weighted by atomic mass is 10.0. The zero-order chi connectivity index (χ0) is 18.9. The Bertz CT molecular complexity index is 889. The van der Waals surface area contributed by atoms with E-state index in [1.54, 1.807) is 24.3 Å². The van der Waals surface area contributed by atoms with Gasteiger partial charge < -0.3 is 9.47 Å². The molecule has 0 amide bonds. The van der Waals surface area contributed by atoms with Crippen molar-refractivity contribution in [2.45, 2.75) is 23.3 Å². The highest BCUT2D eigenvalue weighted by atomic mass is 32.2. The van der Waals surface area contributed by atoms with Gasteiger partial charge >= 0.3 is 0 Å². The maximum atomic E-state index is 11.6. The summed E-state index contributed by atoms with van der Waals surface area (Å²) >= 11 is 0. The molecule has 144 valence electrons. The van der Waals surface area contributed by atoms with Crippen molar-refractivity contribution in [1.82, 2.24) is 4.90 Å². The van der Waals surface area contributed by atoms with Crippen molar-refractivity contribution < 1.29 is 17.9 Å². The van der Waals surface area contributed by atoms with Crippen LogP contribution in [0.15, 0.2) is 53.4 Å². The molecule has 1 unspecified atom stereocenters. The van der Waals surface area contributed by atoms with Crippen molar-refractivity contribution >= 4 is 9.84 Å². The first kappa shape index (κ1) is 18.5. The van der Waals surface area contributed by atoms with Gasteiger partial charge in [0.25, 0.3) is 0 Å². The van der Waals surface area contributed by atoms with E-state index in [-0.39, 0.29) is 6.10 Å². The van der Waals surface area contributed by atoms with E-state index in [2.05, 4.69) is 29.2 Å². The van der Waals surface area contributed by atoms with Crippen LogP contribution >= 0.6 is 0 Å². The highest BCUT2D eigenvalue weighted by molar-refractivity contribution is 7.90. The van der Waals surface area contributed by atoms with Crippen molar-refractivity contribution in [2.75, 3.05) is 39.1 Å². The van der Waals surface area contributed by atoms with Gasteiger partial charge in [0, 0.05) is 31.8 Å². The minimum Gasteiger partial charge on any atom is -0.486 e. The molecule has 5 nitrogen and oxygen atoms in total. The van der Waals surface area contributed by atoms with Crippen LogP contribution in [0.4, 0.5) is 0 Å². The fourth-order valence-electron chi connectivity index (χ4n) is 4.00. The normalized spacial score (nSPS) is 23.1. The molecule has 6 heteroatoms. The average molecular weight is 388 g/mol. The van der Waals surface area contributed by atoms with Crippen LogP contribution in [0.1, 0.15) is 29.6 Å². The van der Waals surface area contributed by atoms with Crippen LogP contribution in [-0.2, 0) is 14.6 Å². The molecular formula is C21H25NO4S. The van der Waals surface area contributed by atoms with Gasteiger partial charge in [-0.15, -0.1) is 0 Å². The largest absolute Gasteiger partial charge is 0.486 e. The number of benzene rings is 2. The van der Waals surface area contributed by atoms with Crippen LogP contribution in [0.2, 0.25) is 0 Å². The maximum Gasteiger partial charge on any atom is 0.175 e. The summed E-state index contributed by atoms with van der Waals surface area (Å²) < 4.78 is 35.0. The Hall–Kier alpha value is -1.89. The molecular weight excluding hydrogens is 362 g/mol. The van der Waals surface area contributed by atoms with Gasteiger partial charge in [-0.25, -0.2) is 8.42 Å². The molecule has 1 heterocycles. The predicted molar refractivity (Wildman–Crippen MR) is 104 cm³/mol. The molecule has 1 aliphatic carbocycles. The summed E-state index contributed by atoms with van der Waals surface area (Å²) in [5, 5.41) is 0. The highest BCUT2D eigenvalue weighted by Gasteiger charge is 2.33. The molecule has 2 aromatic carbocycles. The van der Waals surface area contributed by atoms with Gasteiger partial charge in [0.1, 0.15) is 11.9 Å². The molecule has 0 N–H and O–H groups in total. The fourth-order valence-corrected chi connectivity index (χ4v) is 4.63. The molecule has 2 atom stereocenters. The van der Waals surface area contributed by atoms with Crippen LogP contribution in [0.3, 0.4) is 0 Å². The maximum absolute atomic E-state index is 11.6. The summed E-state index contributed by atoms with van der Waals surface area (Å²) in [6.45, 7) is 4.60. The molecule has 1 aliphatic heterocycles. The van der Waals surface area contributed by atoms with Crippen molar-refractivity contribution in [1.29, 1.82) is 0 Å². The summed E-state index contributed by atoms with van der Waals surface area (Å²) in [5.41, 5.74) is 2.60. The Kier molecular flexibility index (Phi) is 5.21. The topological polar surface area (TPSA) is 55.8 Å². The first-order valence-corrected chi connectivity index (χ1v) is 11.3. The van der Waals surface area contributed by atoms with Gasteiger partial charge in [-0.2, -0.15) is 0 Å². The highest BCUT2D eigenvalue weighted by Crippen LogP contribution is 2.43. The number of nitrogens with zero attached hydrogens (tertiary/aromatic N) is 1. The number of hydrogen-bond donors (Lipinski definition) is 0. The molecule has 0 radical (unpaired) electrons. The number of sulfone groups is 1. The summed E-state index contributed by atoms with van der Waals surface area (Å²) in [6, 6.07) is 15.2. The summed E-state index contributed by atoms with van der Waals surface area (Å²) in [5.74, 6) is 1.15. The molecule has 2 aromatic rings. The number of rotatable bonds is 5. The first-order chi connectivity index (χ1) is 13.0. The second-order valence-corrected chi connectivity index (χ2v) is 9.34. The molecule has 0 bridgehead atoms. The SMILES string of the molecule is CS(=O)(=O)c1ccc(O[C@@H]2CC(CN3CCOCC3)c3ccccc32)cc1. The minimum atomic E-state index is -3.19. The molecule has 2 aliphatic rings. The second-order valence-electron chi connectivity index (χ2n) is 7.32. The zero-order valence-electron chi connectivity index (χ0n) is 15.5. The fraction of sp³-hybridized carbons (Fsp3) is 0.429. The van der Waals surface area contributed by atoms with E-state index in [0.717, 1.165) is 39.3 Å². The Morgan fingerprint density at radius 3 is 2.37 bits per heavy atom. The van der Waals surface area contributed by atoms with Crippen LogP contribution in [0.5, 0.6) is 5.75 Å². The van der Waals surface area contributed by atoms with Crippen molar-refractivity contribution in [3.8, 4) is 5.75 Å². The molecule has 4 rings (SSSR count). The average Bonchev–Trinajstić information content (AvgIpc) is 3.00. The van der Waals surface area contributed by atoms with Crippen LogP contribution in [-0.4, -0.2) is 52.4 Å². The molecule has 0 aromatic heterocycles. The summed E-state index contributed by atoms with van der Waals surface area (Å²) in [7, 11) is -3.19. The van der Waals surface area contributed by atoms with Gasteiger partial charge in [0.15, 0.2) is 9.84 Å². The molecule has 1 fully saturated rings. The standard InChI is InChI=1S/C21H25NO4S/c1-27(23,24)18-8-6-17(7-9-18)26-21-14-16(15-22-10-12-25-13-11-22)19-4-2-3-5-20(19)21/h2-9,16,21H,10-15H2,1H3/t16?,21-/m1/s1. The first-order valence-electron chi connectivity index (χ1n) is 9.36. The van der Waals surface area contributed by atoms with E-state index in [1.807, 2.05) is 0 Å². The Balaban J connectivity index is 1.50. The molecule has 1 saturated heterocycles.